The fraction of sp³-hybridized carbons (Fsp3) is 0.133. The van der Waals surface area contributed by atoms with Crippen molar-refractivity contribution in [3.05, 3.63) is 65.5 Å². The Morgan fingerprint density at radius 1 is 1.14 bits per heavy atom. The predicted octanol–water partition coefficient (Wildman–Crippen LogP) is 2.51. The van der Waals surface area contributed by atoms with E-state index in [4.69, 9.17) is 0 Å². The van der Waals surface area contributed by atoms with Crippen LogP contribution in [0.5, 0.6) is 0 Å². The molecule has 0 radical (unpaired) electrons. The Labute approximate surface area is 123 Å². The number of hydrogen-bond acceptors (Lipinski definition) is 3. The molecule has 1 aliphatic heterocycles. The van der Waals surface area contributed by atoms with Gasteiger partial charge in [0.2, 0.25) is 0 Å². The first-order chi connectivity index (χ1) is 10.1. The molecule has 2 aromatic rings. The first-order valence-electron chi connectivity index (χ1n) is 6.44. The van der Waals surface area contributed by atoms with Crippen molar-refractivity contribution < 1.29 is 14.1 Å². The SMILES string of the molecule is CN1c2ccccc2C(=O)N(Cc2ccc(F)cc2)P1[O-]. The molecule has 3 rings (SSSR count). The summed E-state index contributed by atoms with van der Waals surface area (Å²) in [6, 6.07) is 12.9. The van der Waals surface area contributed by atoms with Crippen LogP contribution in [0.2, 0.25) is 0 Å². The molecule has 0 aliphatic carbocycles. The quantitative estimate of drug-likeness (QED) is 0.801. The lowest BCUT2D eigenvalue weighted by molar-refractivity contribution is -0.169. The summed E-state index contributed by atoms with van der Waals surface area (Å²) in [5, 5.41) is 0. The van der Waals surface area contributed by atoms with Gasteiger partial charge in [-0.15, -0.1) is 0 Å². The molecule has 4 nitrogen and oxygen atoms in total. The number of rotatable bonds is 2. The highest BCUT2D eigenvalue weighted by atomic mass is 31.2. The Kier molecular flexibility index (Phi) is 3.62. The zero-order chi connectivity index (χ0) is 15.0. The largest absolute Gasteiger partial charge is 0.796 e. The molecule has 0 saturated carbocycles. The van der Waals surface area contributed by atoms with Crippen molar-refractivity contribution in [2.75, 3.05) is 11.7 Å². The molecule has 0 fully saturated rings. The molecule has 1 atom stereocenters. The zero-order valence-electron chi connectivity index (χ0n) is 11.4. The van der Waals surface area contributed by atoms with Crippen LogP contribution in [-0.4, -0.2) is 17.6 Å². The number of anilines is 1. The number of nitrogens with zero attached hydrogens (tertiary/aromatic N) is 2. The van der Waals surface area contributed by atoms with E-state index in [1.54, 1.807) is 48.1 Å². The third-order valence-electron chi connectivity index (χ3n) is 3.43. The van der Waals surface area contributed by atoms with E-state index in [1.807, 2.05) is 0 Å². The number of hydrogen-bond donors (Lipinski definition) is 0. The van der Waals surface area contributed by atoms with Gasteiger partial charge in [-0.05, 0) is 29.8 Å². The Morgan fingerprint density at radius 3 is 2.52 bits per heavy atom. The maximum atomic E-state index is 12.9. The first-order valence-corrected chi connectivity index (χ1v) is 7.60. The zero-order valence-corrected chi connectivity index (χ0v) is 12.3. The number of carbonyl (C=O) groups excluding carboxylic acids is 1. The van der Waals surface area contributed by atoms with Gasteiger partial charge in [-0.1, -0.05) is 24.3 Å². The maximum Gasteiger partial charge on any atom is 0.259 e. The predicted molar refractivity (Wildman–Crippen MR) is 78.0 cm³/mol. The minimum Gasteiger partial charge on any atom is -0.796 e. The molecular formula is C15H13FN2O2P-. The summed E-state index contributed by atoms with van der Waals surface area (Å²) in [5.41, 5.74) is 1.93. The highest BCUT2D eigenvalue weighted by Gasteiger charge is 2.29. The van der Waals surface area contributed by atoms with E-state index < -0.39 is 8.45 Å². The molecule has 1 amide bonds. The normalized spacial score (nSPS) is 17.9. The van der Waals surface area contributed by atoms with Crippen molar-refractivity contribution in [3.8, 4) is 0 Å². The smallest absolute Gasteiger partial charge is 0.259 e. The summed E-state index contributed by atoms with van der Waals surface area (Å²) >= 11 is 0. The third-order valence-corrected chi connectivity index (χ3v) is 4.89. The highest BCUT2D eigenvalue weighted by molar-refractivity contribution is 7.50. The van der Waals surface area contributed by atoms with Crippen LogP contribution < -0.4 is 9.56 Å². The van der Waals surface area contributed by atoms with Gasteiger partial charge in [0.15, 0.2) is 0 Å². The Bertz CT molecular complexity index is 678. The second-order valence-electron chi connectivity index (χ2n) is 4.78. The monoisotopic (exact) mass is 303 g/mol. The van der Waals surface area contributed by atoms with Crippen molar-refractivity contribution in [1.29, 1.82) is 0 Å². The number of carbonyl (C=O) groups is 1. The third kappa shape index (κ3) is 2.50. The number of fused-ring (bicyclic) bond motifs is 1. The fourth-order valence-electron chi connectivity index (χ4n) is 2.30. The molecule has 0 bridgehead atoms. The van der Waals surface area contributed by atoms with E-state index in [2.05, 4.69) is 0 Å². The first kappa shape index (κ1) is 14.0. The molecule has 0 aromatic heterocycles. The summed E-state index contributed by atoms with van der Waals surface area (Å²) in [7, 11) is -0.304. The van der Waals surface area contributed by atoms with Gasteiger partial charge in [0.1, 0.15) is 5.82 Å². The van der Waals surface area contributed by atoms with Gasteiger partial charge in [0.05, 0.1) is 17.8 Å². The van der Waals surface area contributed by atoms with Crippen LogP contribution in [0.25, 0.3) is 0 Å². The Hall–Kier alpha value is -1.97. The van der Waals surface area contributed by atoms with Gasteiger partial charge < -0.3 is 14.2 Å². The Balaban J connectivity index is 1.93. The lowest BCUT2D eigenvalue weighted by Gasteiger charge is -2.47. The summed E-state index contributed by atoms with van der Waals surface area (Å²) in [4.78, 5) is 25.0. The van der Waals surface area contributed by atoms with Crippen molar-refractivity contribution in [1.82, 2.24) is 4.67 Å². The van der Waals surface area contributed by atoms with Crippen LogP contribution in [0.15, 0.2) is 48.5 Å². The molecule has 6 heteroatoms. The summed E-state index contributed by atoms with van der Waals surface area (Å²) in [6.45, 7) is 0.187. The number of halogens is 1. The van der Waals surface area contributed by atoms with Crippen LogP contribution >= 0.6 is 8.45 Å². The molecule has 0 saturated heterocycles. The van der Waals surface area contributed by atoms with Crippen LogP contribution in [0.4, 0.5) is 10.1 Å². The van der Waals surface area contributed by atoms with Crippen LogP contribution in [-0.2, 0) is 6.54 Å². The van der Waals surface area contributed by atoms with E-state index in [-0.39, 0.29) is 18.3 Å². The van der Waals surface area contributed by atoms with Crippen LogP contribution in [0, 0.1) is 5.82 Å². The second kappa shape index (κ2) is 5.43. The van der Waals surface area contributed by atoms with Gasteiger partial charge in [-0.2, -0.15) is 0 Å². The number of amides is 1. The van der Waals surface area contributed by atoms with Gasteiger partial charge in [-0.3, -0.25) is 4.79 Å². The van der Waals surface area contributed by atoms with Gasteiger partial charge in [0, 0.05) is 15.5 Å². The average Bonchev–Trinajstić information content (AvgIpc) is 2.51. The van der Waals surface area contributed by atoms with E-state index in [1.165, 1.54) is 16.8 Å². The van der Waals surface area contributed by atoms with E-state index >= 15 is 0 Å². The molecule has 0 spiro atoms. The highest BCUT2D eigenvalue weighted by Crippen LogP contribution is 2.46. The summed E-state index contributed by atoms with van der Waals surface area (Å²) in [5.74, 6) is -0.607. The van der Waals surface area contributed by atoms with Crippen molar-refractivity contribution in [2.24, 2.45) is 0 Å². The number of para-hydroxylation sites is 1. The minimum atomic E-state index is -2.00. The summed E-state index contributed by atoms with van der Waals surface area (Å²) < 4.78 is 15.8. The Morgan fingerprint density at radius 2 is 1.81 bits per heavy atom. The van der Waals surface area contributed by atoms with Crippen molar-refractivity contribution in [3.63, 3.8) is 0 Å². The van der Waals surface area contributed by atoms with E-state index in [0.717, 1.165) is 5.56 Å². The summed E-state index contributed by atoms with van der Waals surface area (Å²) in [6.07, 6.45) is 0. The van der Waals surface area contributed by atoms with Gasteiger partial charge in [-0.25, -0.2) is 4.39 Å². The van der Waals surface area contributed by atoms with Crippen molar-refractivity contribution >= 4 is 20.0 Å². The molecule has 1 unspecified atom stereocenters. The topological polar surface area (TPSA) is 46.6 Å². The second-order valence-corrected chi connectivity index (χ2v) is 6.37. The minimum absolute atomic E-state index is 0.187. The molecule has 21 heavy (non-hydrogen) atoms. The van der Waals surface area contributed by atoms with Gasteiger partial charge >= 0.3 is 0 Å². The molecule has 0 N–H and O–H groups in total. The standard InChI is InChI=1S/C15H13FN2O2P/c1-17-14-5-3-2-4-13(14)15(19)18(21(17)20)10-11-6-8-12(16)9-7-11/h2-9H,10H2,1H3/q-1. The fourth-order valence-corrected chi connectivity index (χ4v) is 3.53. The lowest BCUT2D eigenvalue weighted by atomic mass is 10.1. The van der Waals surface area contributed by atoms with Crippen LogP contribution in [0.3, 0.4) is 0 Å². The van der Waals surface area contributed by atoms with Gasteiger partial charge in [0.25, 0.3) is 5.91 Å². The number of benzene rings is 2. The molecule has 108 valence electrons. The van der Waals surface area contributed by atoms with Crippen molar-refractivity contribution in [2.45, 2.75) is 6.54 Å². The average molecular weight is 303 g/mol. The maximum absolute atomic E-state index is 12.9. The molecule has 1 heterocycles. The molecule has 2 aromatic carbocycles. The lowest BCUT2D eigenvalue weighted by Crippen LogP contribution is -2.40. The van der Waals surface area contributed by atoms with E-state index in [9.17, 15) is 14.1 Å². The molecular weight excluding hydrogens is 290 g/mol. The molecule has 1 aliphatic rings. The van der Waals surface area contributed by atoms with E-state index in [0.29, 0.717) is 11.3 Å². The van der Waals surface area contributed by atoms with Crippen LogP contribution in [0.1, 0.15) is 15.9 Å².